The monoisotopic (exact) mass is 693 g/mol. The average Bonchev–Trinajstić information content (AvgIpc) is 3.70. The van der Waals surface area contributed by atoms with Crippen molar-refractivity contribution >= 4 is 29.7 Å². The molecular formula is C43H59N3O3Si. The number of benzene rings is 3. The Hall–Kier alpha value is -2.97. The van der Waals surface area contributed by atoms with Gasteiger partial charge >= 0.3 is 0 Å². The zero-order chi connectivity index (χ0) is 34.7. The van der Waals surface area contributed by atoms with E-state index in [1.54, 1.807) is 0 Å². The van der Waals surface area contributed by atoms with Crippen molar-refractivity contribution in [1.82, 2.24) is 15.0 Å². The van der Waals surface area contributed by atoms with Crippen molar-refractivity contribution in [2.45, 2.75) is 96.2 Å². The molecule has 7 rings (SSSR count). The van der Waals surface area contributed by atoms with E-state index < -0.39 is 8.32 Å². The SMILES string of the molecule is CN(C)Cc1c(OCC2CC2)ccc2c(CCC3CCN(C[C@H]4CCC[C@H]4O[Si](c4ccccc4)(c4ccccc4)C(C)(C)C)CC3)noc12. The summed E-state index contributed by atoms with van der Waals surface area (Å²) < 4.78 is 20.0. The highest BCUT2D eigenvalue weighted by molar-refractivity contribution is 6.99. The average molecular weight is 694 g/mol. The second-order valence-corrected chi connectivity index (χ2v) is 21.1. The van der Waals surface area contributed by atoms with Crippen molar-refractivity contribution in [3.8, 4) is 5.75 Å². The molecule has 0 unspecified atom stereocenters. The van der Waals surface area contributed by atoms with Crippen molar-refractivity contribution in [2.75, 3.05) is 40.3 Å². The molecule has 268 valence electrons. The highest BCUT2D eigenvalue weighted by atomic mass is 28.4. The molecule has 2 saturated carbocycles. The molecule has 3 aromatic carbocycles. The largest absolute Gasteiger partial charge is 0.493 e. The van der Waals surface area contributed by atoms with Crippen LogP contribution in [0, 0.1) is 17.8 Å². The fourth-order valence-corrected chi connectivity index (χ4v) is 13.6. The fraction of sp³-hybridized carbons (Fsp3) is 0.558. The number of aryl methyl sites for hydroxylation is 1. The predicted octanol–water partition coefficient (Wildman–Crippen LogP) is 8.07. The van der Waals surface area contributed by atoms with Gasteiger partial charge < -0.3 is 23.5 Å². The van der Waals surface area contributed by atoms with Crippen LogP contribution in [-0.2, 0) is 17.4 Å². The van der Waals surface area contributed by atoms with E-state index in [2.05, 4.69) is 123 Å². The lowest BCUT2D eigenvalue weighted by atomic mass is 9.90. The summed E-state index contributed by atoms with van der Waals surface area (Å²) in [4.78, 5) is 4.93. The van der Waals surface area contributed by atoms with Crippen LogP contribution in [0.4, 0.5) is 0 Å². The van der Waals surface area contributed by atoms with Crippen molar-refractivity contribution in [3.05, 3.63) is 84.1 Å². The summed E-state index contributed by atoms with van der Waals surface area (Å²) in [6.07, 6.45) is 11.2. The highest BCUT2D eigenvalue weighted by Gasteiger charge is 2.52. The van der Waals surface area contributed by atoms with Crippen molar-refractivity contribution < 1.29 is 13.7 Å². The maximum absolute atomic E-state index is 7.68. The Bertz CT molecular complexity index is 1630. The van der Waals surface area contributed by atoms with Crippen LogP contribution in [-0.4, -0.2) is 69.7 Å². The molecule has 0 bridgehead atoms. The minimum absolute atomic E-state index is 0.0103. The Balaban J connectivity index is 0.974. The fourth-order valence-electron chi connectivity index (χ4n) is 8.78. The smallest absolute Gasteiger partial charge is 0.261 e. The van der Waals surface area contributed by atoms with E-state index in [4.69, 9.17) is 13.7 Å². The Morgan fingerprint density at radius 2 is 1.52 bits per heavy atom. The zero-order valence-corrected chi connectivity index (χ0v) is 32.2. The first-order valence-electron chi connectivity index (χ1n) is 19.4. The molecule has 6 nitrogen and oxygen atoms in total. The maximum atomic E-state index is 7.68. The maximum Gasteiger partial charge on any atom is 0.261 e. The van der Waals surface area contributed by atoms with Gasteiger partial charge in [-0.05, 0) is 124 Å². The van der Waals surface area contributed by atoms with E-state index in [0.29, 0.717) is 12.0 Å². The second kappa shape index (κ2) is 15.3. The molecule has 50 heavy (non-hydrogen) atoms. The van der Waals surface area contributed by atoms with Crippen LogP contribution in [0.2, 0.25) is 5.04 Å². The van der Waals surface area contributed by atoms with E-state index >= 15 is 0 Å². The van der Waals surface area contributed by atoms with Crippen LogP contribution in [0.5, 0.6) is 5.75 Å². The summed E-state index contributed by atoms with van der Waals surface area (Å²) >= 11 is 0. The molecule has 0 amide bonds. The Labute approximate surface area is 301 Å². The molecule has 3 fully saturated rings. The summed E-state index contributed by atoms with van der Waals surface area (Å²) in [5, 5.41) is 8.56. The number of hydrogen-bond acceptors (Lipinski definition) is 6. The quantitative estimate of drug-likeness (QED) is 0.125. The van der Waals surface area contributed by atoms with E-state index in [9.17, 15) is 0 Å². The van der Waals surface area contributed by atoms with E-state index in [0.717, 1.165) is 65.9 Å². The summed E-state index contributed by atoms with van der Waals surface area (Å²) in [5.74, 6) is 2.99. The number of rotatable bonds is 14. The third kappa shape index (κ3) is 7.76. The van der Waals surface area contributed by atoms with E-state index in [1.807, 2.05) is 0 Å². The Kier molecular flexibility index (Phi) is 10.9. The van der Waals surface area contributed by atoms with Crippen LogP contribution in [0.1, 0.15) is 83.4 Å². The second-order valence-electron chi connectivity index (χ2n) is 16.8. The van der Waals surface area contributed by atoms with Gasteiger partial charge in [0.1, 0.15) is 5.75 Å². The van der Waals surface area contributed by atoms with Gasteiger partial charge in [0.25, 0.3) is 8.32 Å². The lowest BCUT2D eigenvalue weighted by Crippen LogP contribution is -2.68. The van der Waals surface area contributed by atoms with Gasteiger partial charge in [0, 0.05) is 24.6 Å². The van der Waals surface area contributed by atoms with Crippen LogP contribution < -0.4 is 15.1 Å². The van der Waals surface area contributed by atoms with Gasteiger partial charge in [0.2, 0.25) is 0 Å². The topological polar surface area (TPSA) is 51.0 Å². The minimum atomic E-state index is -2.55. The molecule has 7 heteroatoms. The molecule has 1 saturated heterocycles. The molecule has 0 spiro atoms. The summed E-state index contributed by atoms with van der Waals surface area (Å²) in [5.41, 5.74) is 3.14. The number of hydrogen-bond donors (Lipinski definition) is 0. The van der Waals surface area contributed by atoms with Crippen molar-refractivity contribution in [2.24, 2.45) is 17.8 Å². The van der Waals surface area contributed by atoms with Gasteiger partial charge in [0.15, 0.2) is 5.58 Å². The minimum Gasteiger partial charge on any atom is -0.493 e. The molecule has 2 atom stereocenters. The summed E-state index contributed by atoms with van der Waals surface area (Å²) in [6, 6.07) is 26.7. The number of nitrogens with zero attached hydrogens (tertiary/aromatic N) is 3. The standard InChI is InChI=1S/C43H59N3O3Si/c1-43(2,3)50(35-14-8-6-9-15-35,36-16-10-7-11-17-36)49-40-18-12-13-34(40)29-46-27-25-32(26-28-46)21-23-39-37-22-24-41(47-31-33-19-20-33)38(30-45(4)5)42(37)48-44-39/h6-11,14-17,22,24,32-34,40H,12-13,18-21,23,25-31H2,1-5H3/t34-,40-/m1/s1. The van der Waals surface area contributed by atoms with Gasteiger partial charge in [-0.2, -0.15) is 0 Å². The zero-order valence-electron chi connectivity index (χ0n) is 31.2. The van der Waals surface area contributed by atoms with Gasteiger partial charge in [0.05, 0.1) is 17.9 Å². The lowest BCUT2D eigenvalue weighted by molar-refractivity contribution is 0.0945. The molecule has 1 aromatic heterocycles. The highest BCUT2D eigenvalue weighted by Crippen LogP contribution is 2.42. The molecule has 0 N–H and O–H groups in total. The third-order valence-electron chi connectivity index (χ3n) is 11.7. The van der Waals surface area contributed by atoms with Gasteiger partial charge in [-0.1, -0.05) is 93.0 Å². The van der Waals surface area contributed by atoms with Gasteiger partial charge in [-0.3, -0.25) is 0 Å². The van der Waals surface area contributed by atoms with Gasteiger partial charge in [-0.15, -0.1) is 0 Å². The first-order chi connectivity index (χ1) is 24.2. The molecule has 2 heterocycles. The molecule has 2 aliphatic carbocycles. The predicted molar refractivity (Wildman–Crippen MR) is 207 cm³/mol. The Morgan fingerprint density at radius 3 is 2.14 bits per heavy atom. The van der Waals surface area contributed by atoms with Crippen LogP contribution in [0.25, 0.3) is 11.0 Å². The normalized spacial score (nSPS) is 21.0. The third-order valence-corrected chi connectivity index (χ3v) is 16.8. The molecule has 3 aliphatic rings. The number of ether oxygens (including phenoxy) is 1. The van der Waals surface area contributed by atoms with Crippen LogP contribution in [0.15, 0.2) is 77.3 Å². The summed E-state index contributed by atoms with van der Waals surface area (Å²) in [6.45, 7) is 12.3. The molecule has 0 radical (unpaired) electrons. The first-order valence-corrected chi connectivity index (χ1v) is 21.3. The van der Waals surface area contributed by atoms with Crippen LogP contribution in [0.3, 0.4) is 0 Å². The number of piperidine rings is 1. The summed E-state index contributed by atoms with van der Waals surface area (Å²) in [7, 11) is 1.65. The van der Waals surface area contributed by atoms with Crippen LogP contribution >= 0.6 is 0 Å². The van der Waals surface area contributed by atoms with E-state index in [-0.39, 0.29) is 5.04 Å². The molecule has 4 aromatic rings. The Morgan fingerprint density at radius 1 is 0.840 bits per heavy atom. The van der Waals surface area contributed by atoms with Crippen molar-refractivity contribution in [3.63, 3.8) is 0 Å². The lowest BCUT2D eigenvalue weighted by Gasteiger charge is -2.46. The number of aromatic nitrogens is 1. The van der Waals surface area contributed by atoms with Crippen molar-refractivity contribution in [1.29, 1.82) is 0 Å². The molecule has 1 aliphatic heterocycles. The van der Waals surface area contributed by atoms with Gasteiger partial charge in [-0.25, -0.2) is 0 Å². The number of likely N-dealkylation sites (tertiary alicyclic amines) is 1. The van der Waals surface area contributed by atoms with E-state index in [1.165, 1.54) is 74.8 Å². The first kappa shape index (κ1) is 35.4. The molecular weight excluding hydrogens is 635 g/mol. The number of fused-ring (bicyclic) bond motifs is 1.